The molecule has 1 aromatic carbocycles. The molecule has 3 nitrogen and oxygen atoms in total. The van der Waals surface area contributed by atoms with Gasteiger partial charge in [0.25, 0.3) is 0 Å². The van der Waals surface area contributed by atoms with Crippen LogP contribution >= 0.6 is 11.6 Å². The van der Waals surface area contributed by atoms with Crippen molar-refractivity contribution in [2.45, 2.75) is 4.90 Å². The van der Waals surface area contributed by atoms with Crippen LogP contribution in [-0.2, 0) is 11.1 Å². The van der Waals surface area contributed by atoms with E-state index in [0.29, 0.717) is 20.8 Å². The first-order chi connectivity index (χ1) is 6.70. The summed E-state index contributed by atoms with van der Waals surface area (Å²) in [5.74, 6) is 0. The van der Waals surface area contributed by atoms with Crippen LogP contribution in [0, 0.1) is 0 Å². The number of hydrogen-bond donors (Lipinski definition) is 1. The van der Waals surface area contributed by atoms with Gasteiger partial charge in [-0.15, -0.1) is 0 Å². The Morgan fingerprint density at radius 1 is 1.36 bits per heavy atom. The van der Waals surface area contributed by atoms with Gasteiger partial charge in [-0.3, -0.25) is 4.98 Å². The number of hydrogen-bond acceptors (Lipinski definition) is 2. The zero-order valence-corrected chi connectivity index (χ0v) is 8.55. The average Bonchev–Trinajstić information content (AvgIpc) is 2.18. The maximum Gasteiger partial charge on any atom is 0.187 e. The molecule has 0 aliphatic carbocycles. The second-order valence-corrected chi connectivity index (χ2v) is 4.04. The monoisotopic (exact) mass is 227 g/mol. The fraction of sp³-hybridized carbons (Fsp3) is 0. The summed E-state index contributed by atoms with van der Waals surface area (Å²) in [4.78, 5) is 4.38. The fourth-order valence-corrected chi connectivity index (χ4v) is 2.02. The summed E-state index contributed by atoms with van der Waals surface area (Å²) >= 11 is 3.88. The molecule has 1 heterocycles. The van der Waals surface area contributed by atoms with Crippen molar-refractivity contribution >= 4 is 33.6 Å². The Hall–Kier alpha value is -0.970. The van der Waals surface area contributed by atoms with E-state index >= 15 is 0 Å². The number of benzene rings is 1. The highest BCUT2D eigenvalue weighted by molar-refractivity contribution is 7.79. The summed E-state index contributed by atoms with van der Waals surface area (Å²) in [5, 5.41) is 1.09. The summed E-state index contributed by atoms with van der Waals surface area (Å²) in [6.07, 6.45) is 1.60. The van der Waals surface area contributed by atoms with Crippen LogP contribution in [0.15, 0.2) is 35.4 Å². The predicted octanol–water partition coefficient (Wildman–Crippen LogP) is 2.47. The van der Waals surface area contributed by atoms with Crippen LogP contribution in [0.3, 0.4) is 0 Å². The Labute approximate surface area is 88.0 Å². The summed E-state index contributed by atoms with van der Waals surface area (Å²) in [5.41, 5.74) is 0.550. The zero-order chi connectivity index (χ0) is 10.1. The Kier molecular flexibility index (Phi) is 2.50. The first-order valence-corrected chi connectivity index (χ1v) is 5.32. The topological polar surface area (TPSA) is 50.2 Å². The van der Waals surface area contributed by atoms with Crippen LogP contribution in [0.25, 0.3) is 10.9 Å². The second-order valence-electron chi connectivity index (χ2n) is 2.69. The van der Waals surface area contributed by atoms with Gasteiger partial charge in [-0.2, -0.15) is 0 Å². The molecule has 72 valence electrons. The molecule has 2 aromatic rings. The molecule has 1 N–H and O–H groups in total. The second kappa shape index (κ2) is 3.65. The average molecular weight is 228 g/mol. The lowest BCUT2D eigenvalue weighted by Crippen LogP contribution is -1.91. The van der Waals surface area contributed by atoms with Crippen LogP contribution < -0.4 is 0 Å². The molecule has 14 heavy (non-hydrogen) atoms. The minimum absolute atomic E-state index is 0.331. The molecule has 2 rings (SSSR count). The summed E-state index contributed by atoms with van der Waals surface area (Å²) in [6.45, 7) is 0. The molecule has 0 fully saturated rings. The van der Waals surface area contributed by atoms with E-state index in [1.54, 1.807) is 24.4 Å². The smallest absolute Gasteiger partial charge is 0.187 e. The van der Waals surface area contributed by atoms with Crippen molar-refractivity contribution in [2.24, 2.45) is 0 Å². The predicted molar refractivity (Wildman–Crippen MR) is 55.8 cm³/mol. The highest BCUT2D eigenvalue weighted by atomic mass is 35.5. The molecule has 5 heteroatoms. The van der Waals surface area contributed by atoms with E-state index in [9.17, 15) is 4.21 Å². The molecule has 1 aromatic heterocycles. The number of nitrogens with zero attached hydrogens (tertiary/aromatic N) is 1. The van der Waals surface area contributed by atoms with Gasteiger partial charge in [0.2, 0.25) is 0 Å². The molecule has 0 saturated carbocycles. The molecular weight excluding hydrogens is 222 g/mol. The molecule has 1 unspecified atom stereocenters. The summed E-state index contributed by atoms with van der Waals surface area (Å²) in [6, 6.07) is 6.52. The van der Waals surface area contributed by atoms with Crippen molar-refractivity contribution in [2.75, 3.05) is 0 Å². The number of fused-ring (bicyclic) bond motifs is 1. The molecule has 0 saturated heterocycles. The molecule has 0 amide bonds. The molecule has 1 atom stereocenters. The molecule has 0 radical (unpaired) electrons. The van der Waals surface area contributed by atoms with Crippen LogP contribution in [0.1, 0.15) is 0 Å². The highest BCUT2D eigenvalue weighted by Gasteiger charge is 2.08. The lowest BCUT2D eigenvalue weighted by Gasteiger charge is -2.02. The normalized spacial score (nSPS) is 13.0. The van der Waals surface area contributed by atoms with Gasteiger partial charge in [0, 0.05) is 11.6 Å². The standard InChI is InChI=1S/C9H6ClNO2S/c10-7-3-4-8(14(12)13)6-2-1-5-11-9(6)7/h1-5H,(H,12,13). The highest BCUT2D eigenvalue weighted by Crippen LogP contribution is 2.25. The van der Waals surface area contributed by atoms with Crippen molar-refractivity contribution in [1.29, 1.82) is 0 Å². The van der Waals surface area contributed by atoms with Gasteiger partial charge in [-0.05, 0) is 24.3 Å². The molecule has 0 aliphatic heterocycles. The Balaban J connectivity index is 2.88. The van der Waals surface area contributed by atoms with Crippen LogP contribution in [0.2, 0.25) is 5.02 Å². The van der Waals surface area contributed by atoms with Gasteiger partial charge >= 0.3 is 0 Å². The first kappa shape index (κ1) is 9.58. The first-order valence-electron chi connectivity index (χ1n) is 3.84. The Morgan fingerprint density at radius 3 is 2.86 bits per heavy atom. The summed E-state index contributed by atoms with van der Waals surface area (Å²) < 4.78 is 20.0. The number of aromatic nitrogens is 1. The van der Waals surface area contributed by atoms with E-state index in [1.165, 1.54) is 6.07 Å². The molecular formula is C9H6ClNO2S. The number of halogens is 1. The quantitative estimate of drug-likeness (QED) is 0.762. The minimum atomic E-state index is -2.01. The van der Waals surface area contributed by atoms with Gasteiger partial charge in [0.15, 0.2) is 11.1 Å². The van der Waals surface area contributed by atoms with E-state index < -0.39 is 11.1 Å². The lowest BCUT2D eigenvalue weighted by atomic mass is 10.2. The van der Waals surface area contributed by atoms with Crippen molar-refractivity contribution in [3.8, 4) is 0 Å². The van der Waals surface area contributed by atoms with E-state index in [-0.39, 0.29) is 0 Å². The van der Waals surface area contributed by atoms with Crippen molar-refractivity contribution in [1.82, 2.24) is 4.98 Å². The Morgan fingerprint density at radius 2 is 2.14 bits per heavy atom. The Bertz CT molecular complexity index is 515. The number of pyridine rings is 1. The third-order valence-electron chi connectivity index (χ3n) is 1.87. The largest absolute Gasteiger partial charge is 0.302 e. The third kappa shape index (κ3) is 1.52. The van der Waals surface area contributed by atoms with Gasteiger partial charge in [-0.25, -0.2) is 4.21 Å². The number of rotatable bonds is 1. The van der Waals surface area contributed by atoms with Gasteiger partial charge < -0.3 is 4.55 Å². The van der Waals surface area contributed by atoms with Gasteiger partial charge in [-0.1, -0.05) is 11.6 Å². The minimum Gasteiger partial charge on any atom is -0.302 e. The SMILES string of the molecule is O=S(O)c1ccc(Cl)c2ncccc12. The van der Waals surface area contributed by atoms with Gasteiger partial charge in [0.05, 0.1) is 15.4 Å². The van der Waals surface area contributed by atoms with Crippen LogP contribution in [-0.4, -0.2) is 13.7 Å². The van der Waals surface area contributed by atoms with Crippen LogP contribution in [0.4, 0.5) is 0 Å². The van der Waals surface area contributed by atoms with Crippen molar-refractivity contribution in [3.05, 3.63) is 35.5 Å². The molecule has 0 aliphatic rings. The summed E-state index contributed by atoms with van der Waals surface area (Å²) in [7, 11) is 0. The van der Waals surface area contributed by atoms with E-state index in [4.69, 9.17) is 16.2 Å². The molecule has 0 bridgehead atoms. The van der Waals surface area contributed by atoms with Crippen molar-refractivity contribution < 1.29 is 8.76 Å². The maximum absolute atomic E-state index is 11.0. The maximum atomic E-state index is 11.0. The van der Waals surface area contributed by atoms with Crippen molar-refractivity contribution in [3.63, 3.8) is 0 Å². The van der Waals surface area contributed by atoms with Crippen LogP contribution in [0.5, 0.6) is 0 Å². The van der Waals surface area contributed by atoms with Gasteiger partial charge in [0.1, 0.15) is 0 Å². The fourth-order valence-electron chi connectivity index (χ4n) is 1.26. The zero-order valence-electron chi connectivity index (χ0n) is 6.98. The van der Waals surface area contributed by atoms with E-state index in [0.717, 1.165) is 0 Å². The lowest BCUT2D eigenvalue weighted by molar-refractivity contribution is 0.565. The van der Waals surface area contributed by atoms with E-state index in [1.807, 2.05) is 0 Å². The molecule has 0 spiro atoms. The third-order valence-corrected chi connectivity index (χ3v) is 2.91. The van der Waals surface area contributed by atoms with E-state index in [2.05, 4.69) is 4.98 Å².